The molecule has 0 saturated heterocycles. The van der Waals surface area contributed by atoms with Gasteiger partial charge in [-0.2, -0.15) is 4.98 Å². The van der Waals surface area contributed by atoms with Gasteiger partial charge >= 0.3 is 0 Å². The number of nitrogens with zero attached hydrogens (tertiary/aromatic N) is 2. The van der Waals surface area contributed by atoms with Gasteiger partial charge in [0.15, 0.2) is 5.82 Å². The molecule has 7 heteroatoms. The fourth-order valence-electron chi connectivity index (χ4n) is 3.60. The van der Waals surface area contributed by atoms with Crippen LogP contribution in [0, 0.1) is 5.92 Å². The van der Waals surface area contributed by atoms with Gasteiger partial charge in [0.25, 0.3) is 0 Å². The summed E-state index contributed by atoms with van der Waals surface area (Å²) in [5, 5.41) is 19.8. The van der Waals surface area contributed by atoms with Crippen molar-refractivity contribution < 1.29 is 5.11 Å². The molecule has 3 rings (SSSR count). The summed E-state index contributed by atoms with van der Waals surface area (Å²) in [6.07, 6.45) is 10.3. The Balaban J connectivity index is 1.63. The third-order valence-corrected chi connectivity index (χ3v) is 5.97. The number of halogens is 1. The molecule has 1 aromatic heterocycles. The van der Waals surface area contributed by atoms with Crippen LogP contribution >= 0.6 is 15.9 Å². The second-order valence-electron chi connectivity index (χ2n) is 7.76. The second kappa shape index (κ2) is 11.5. The Labute approximate surface area is 198 Å². The SMILES string of the molecule is C=C(/C=C(\O)CNc1ncc(Br)c(N/C(=C/C(=C)C2CCCC2)NC)n1)c1ccccc1. The van der Waals surface area contributed by atoms with Crippen LogP contribution in [0.1, 0.15) is 31.2 Å². The van der Waals surface area contributed by atoms with E-state index in [0.29, 0.717) is 17.7 Å². The molecule has 1 aliphatic rings. The first-order valence-corrected chi connectivity index (χ1v) is 11.5. The van der Waals surface area contributed by atoms with Gasteiger partial charge < -0.3 is 21.1 Å². The molecule has 1 aliphatic carbocycles. The van der Waals surface area contributed by atoms with Crippen LogP contribution in [0.5, 0.6) is 0 Å². The van der Waals surface area contributed by atoms with Crippen molar-refractivity contribution >= 4 is 33.3 Å². The molecule has 0 atom stereocenters. The smallest absolute Gasteiger partial charge is 0.225 e. The second-order valence-corrected chi connectivity index (χ2v) is 8.61. The average molecular weight is 496 g/mol. The van der Waals surface area contributed by atoms with Crippen molar-refractivity contribution in [3.8, 4) is 0 Å². The van der Waals surface area contributed by atoms with Crippen molar-refractivity contribution in [3.05, 3.63) is 89.0 Å². The van der Waals surface area contributed by atoms with Crippen LogP contribution in [0.25, 0.3) is 5.57 Å². The number of hydrogen-bond acceptors (Lipinski definition) is 6. The maximum atomic E-state index is 10.3. The number of benzene rings is 1. The highest BCUT2D eigenvalue weighted by Crippen LogP contribution is 2.31. The number of aliphatic hydroxyl groups is 1. The normalized spacial score (nSPS) is 14.8. The number of nitrogens with one attached hydrogen (secondary N) is 3. The maximum Gasteiger partial charge on any atom is 0.225 e. The van der Waals surface area contributed by atoms with Gasteiger partial charge in [-0.05, 0) is 63.6 Å². The Morgan fingerprint density at radius 3 is 2.59 bits per heavy atom. The molecular formula is C25H30BrN5O. The zero-order chi connectivity index (χ0) is 22.9. The Morgan fingerprint density at radius 1 is 1.19 bits per heavy atom. The van der Waals surface area contributed by atoms with Gasteiger partial charge in [0.1, 0.15) is 11.6 Å². The van der Waals surface area contributed by atoms with Gasteiger partial charge in [-0.15, -0.1) is 0 Å². The van der Waals surface area contributed by atoms with Crippen LogP contribution in [-0.4, -0.2) is 28.7 Å². The lowest BCUT2D eigenvalue weighted by Crippen LogP contribution is -2.17. The third-order valence-electron chi connectivity index (χ3n) is 5.39. The molecule has 4 N–H and O–H groups in total. The summed E-state index contributed by atoms with van der Waals surface area (Å²) in [5.74, 6) is 2.51. The molecular weight excluding hydrogens is 466 g/mol. The molecule has 0 spiro atoms. The van der Waals surface area contributed by atoms with Gasteiger partial charge in [-0.25, -0.2) is 4.98 Å². The number of aromatic nitrogens is 2. The van der Waals surface area contributed by atoms with E-state index in [1.807, 2.05) is 43.5 Å². The zero-order valence-electron chi connectivity index (χ0n) is 18.4. The standard InChI is InChI=1S/C25H30BrN5O/c1-17(19-9-5-4-6-10-19)13-21(32)15-28-25-29-16-22(26)24(31-25)30-23(27-3)14-18(2)20-11-7-8-12-20/h4-6,9-10,13-14,16,20,27,32H,1-2,7-8,11-12,15H2,3H3,(H2,28,29,30,31)/b21-13-,23-14+. The fourth-order valence-corrected chi connectivity index (χ4v) is 3.89. The van der Waals surface area contributed by atoms with Gasteiger partial charge in [0.05, 0.1) is 11.0 Å². The van der Waals surface area contributed by atoms with E-state index in [4.69, 9.17) is 0 Å². The van der Waals surface area contributed by atoms with E-state index in [1.165, 1.54) is 25.7 Å². The van der Waals surface area contributed by atoms with Crippen molar-refractivity contribution in [2.24, 2.45) is 5.92 Å². The fraction of sp³-hybridized carbons (Fsp3) is 0.280. The van der Waals surface area contributed by atoms with Crippen molar-refractivity contribution in [2.45, 2.75) is 25.7 Å². The number of rotatable bonds is 10. The first kappa shape index (κ1) is 23.6. The third kappa shape index (κ3) is 6.72. The molecule has 2 aromatic rings. The maximum absolute atomic E-state index is 10.3. The van der Waals surface area contributed by atoms with E-state index in [0.717, 1.165) is 27.0 Å². The predicted molar refractivity (Wildman–Crippen MR) is 136 cm³/mol. The summed E-state index contributed by atoms with van der Waals surface area (Å²) < 4.78 is 0.730. The van der Waals surface area contributed by atoms with E-state index in [9.17, 15) is 5.11 Å². The van der Waals surface area contributed by atoms with Crippen molar-refractivity contribution in [2.75, 3.05) is 24.2 Å². The molecule has 0 aliphatic heterocycles. The van der Waals surface area contributed by atoms with Gasteiger partial charge in [-0.3, -0.25) is 0 Å². The molecule has 0 unspecified atom stereocenters. The summed E-state index contributed by atoms with van der Waals surface area (Å²) in [5.41, 5.74) is 2.81. The number of aliphatic hydroxyl groups excluding tert-OH is 1. The highest BCUT2D eigenvalue weighted by Gasteiger charge is 2.17. The highest BCUT2D eigenvalue weighted by molar-refractivity contribution is 9.10. The number of anilines is 2. The molecule has 0 radical (unpaired) electrons. The van der Waals surface area contributed by atoms with E-state index in [1.54, 1.807) is 12.3 Å². The lowest BCUT2D eigenvalue weighted by molar-refractivity contribution is 0.408. The highest BCUT2D eigenvalue weighted by atomic mass is 79.9. The predicted octanol–water partition coefficient (Wildman–Crippen LogP) is 6.03. The van der Waals surface area contributed by atoms with Crippen LogP contribution in [0.3, 0.4) is 0 Å². The molecule has 1 fully saturated rings. The van der Waals surface area contributed by atoms with Gasteiger partial charge in [0.2, 0.25) is 5.95 Å². The molecule has 32 heavy (non-hydrogen) atoms. The van der Waals surface area contributed by atoms with E-state index >= 15 is 0 Å². The Bertz CT molecular complexity index is 1010. The van der Waals surface area contributed by atoms with Gasteiger partial charge in [-0.1, -0.05) is 56.3 Å². The minimum Gasteiger partial charge on any atom is -0.510 e. The summed E-state index contributed by atoms with van der Waals surface area (Å²) >= 11 is 3.49. The molecule has 1 heterocycles. The molecule has 0 bridgehead atoms. The van der Waals surface area contributed by atoms with Crippen LogP contribution < -0.4 is 16.0 Å². The molecule has 6 nitrogen and oxygen atoms in total. The monoisotopic (exact) mass is 495 g/mol. The van der Waals surface area contributed by atoms with Crippen LogP contribution in [0.15, 0.2) is 83.5 Å². The summed E-state index contributed by atoms with van der Waals surface area (Å²) in [7, 11) is 1.86. The quantitative estimate of drug-likeness (QED) is 0.238. The van der Waals surface area contributed by atoms with E-state index in [-0.39, 0.29) is 12.3 Å². The van der Waals surface area contributed by atoms with Crippen molar-refractivity contribution in [1.29, 1.82) is 0 Å². The van der Waals surface area contributed by atoms with Gasteiger partial charge in [0, 0.05) is 13.2 Å². The zero-order valence-corrected chi connectivity index (χ0v) is 20.0. The molecule has 0 amide bonds. The summed E-state index contributed by atoms with van der Waals surface area (Å²) in [6, 6.07) is 9.71. The lowest BCUT2D eigenvalue weighted by Gasteiger charge is -2.15. The Morgan fingerprint density at radius 2 is 1.91 bits per heavy atom. The summed E-state index contributed by atoms with van der Waals surface area (Å²) in [4.78, 5) is 8.80. The largest absolute Gasteiger partial charge is 0.510 e. The minimum atomic E-state index is 0.142. The number of allylic oxidation sites excluding steroid dienone is 4. The minimum absolute atomic E-state index is 0.142. The Kier molecular flexibility index (Phi) is 8.50. The molecule has 1 saturated carbocycles. The van der Waals surface area contributed by atoms with E-state index < -0.39 is 0 Å². The first-order chi connectivity index (χ1) is 15.5. The van der Waals surface area contributed by atoms with Crippen LogP contribution in [0.4, 0.5) is 11.8 Å². The van der Waals surface area contributed by atoms with Crippen LogP contribution in [0.2, 0.25) is 0 Å². The lowest BCUT2D eigenvalue weighted by atomic mass is 9.99. The van der Waals surface area contributed by atoms with E-state index in [2.05, 4.69) is 55.0 Å². The van der Waals surface area contributed by atoms with Crippen LogP contribution in [-0.2, 0) is 0 Å². The van der Waals surface area contributed by atoms with Crippen molar-refractivity contribution in [1.82, 2.24) is 15.3 Å². The summed E-state index contributed by atoms with van der Waals surface area (Å²) in [6.45, 7) is 8.43. The van der Waals surface area contributed by atoms with Crippen molar-refractivity contribution in [3.63, 3.8) is 0 Å². The molecule has 1 aromatic carbocycles. The topological polar surface area (TPSA) is 82.1 Å². The number of hydrogen-bond donors (Lipinski definition) is 4. The Hall–Kier alpha value is -3.06. The molecule has 168 valence electrons. The first-order valence-electron chi connectivity index (χ1n) is 10.7. The average Bonchev–Trinajstić information content (AvgIpc) is 3.34.